The van der Waals surface area contributed by atoms with Crippen LogP contribution in [0.5, 0.6) is 0 Å². The zero-order valence-corrected chi connectivity index (χ0v) is 45.2. The van der Waals surface area contributed by atoms with Gasteiger partial charge in [0.1, 0.15) is 6.07 Å². The SMILES string of the molecule is [C-]#[N+]c1c(-n2c3ccccc3c3ccccc32)c(C#N)c(-n2c3ccccc3c3ccccc32)c(-n2c3ccc(-c4cccc5c4ccc4ccccc45)cc3c3ccc4c5ccccc5sc4c32)c1-n1c2ccccc2c2ccccc21. The van der Waals surface area contributed by atoms with Crippen molar-refractivity contribution in [2.75, 3.05) is 0 Å². The van der Waals surface area contributed by atoms with Gasteiger partial charge in [-0.1, -0.05) is 200 Å². The smallest absolute Gasteiger partial charge is 0.237 e. The molecule has 0 aliphatic rings. The van der Waals surface area contributed by atoms with Gasteiger partial charge in [0, 0.05) is 58.6 Å². The van der Waals surface area contributed by atoms with Gasteiger partial charge < -0.3 is 18.3 Å². The summed E-state index contributed by atoms with van der Waals surface area (Å²) < 4.78 is 11.6. The molecule has 0 spiro atoms. The van der Waals surface area contributed by atoms with E-state index in [1.54, 1.807) is 11.3 Å². The van der Waals surface area contributed by atoms with Crippen molar-refractivity contribution < 1.29 is 0 Å². The third-order valence-corrected chi connectivity index (χ3v) is 18.8. The maximum absolute atomic E-state index is 12.7. The van der Waals surface area contributed by atoms with Gasteiger partial charge in [0.2, 0.25) is 5.69 Å². The molecule has 18 rings (SSSR count). The molecule has 0 unspecified atom stereocenters. The molecule has 0 radical (unpaired) electrons. The zero-order chi connectivity index (χ0) is 54.6. The molecule has 5 heterocycles. The first-order valence-electron chi connectivity index (χ1n) is 27.9. The fourth-order valence-electron chi connectivity index (χ4n) is 14.2. The van der Waals surface area contributed by atoms with E-state index in [4.69, 9.17) is 4.85 Å². The zero-order valence-electron chi connectivity index (χ0n) is 44.3. The van der Waals surface area contributed by atoms with Gasteiger partial charge in [0.25, 0.3) is 0 Å². The number of aromatic nitrogens is 4. The van der Waals surface area contributed by atoms with Gasteiger partial charge in [-0.15, -0.1) is 11.3 Å². The Morgan fingerprint density at radius 3 is 1.36 bits per heavy atom. The van der Waals surface area contributed by atoms with E-state index in [-0.39, 0.29) is 0 Å². The molecule has 0 saturated heterocycles. The second-order valence-corrected chi connectivity index (χ2v) is 22.7. The van der Waals surface area contributed by atoms with E-state index >= 15 is 0 Å². The van der Waals surface area contributed by atoms with Crippen LogP contribution in [0.15, 0.2) is 255 Å². The van der Waals surface area contributed by atoms with Crippen LogP contribution >= 0.6 is 11.3 Å². The molecule has 0 amide bonds. The van der Waals surface area contributed by atoms with Gasteiger partial charge in [0.15, 0.2) is 0 Å². The molecule has 0 aliphatic carbocycles. The topological polar surface area (TPSA) is 47.9 Å². The third kappa shape index (κ3) is 6.13. The normalized spacial score (nSPS) is 12.1. The Labute approximate surface area is 478 Å². The Bertz CT molecular complexity index is 5670. The molecule has 382 valence electrons. The summed E-state index contributed by atoms with van der Waals surface area (Å²) in [5, 5.41) is 28.3. The summed E-state index contributed by atoms with van der Waals surface area (Å²) in [6.45, 7) is 9.91. The van der Waals surface area contributed by atoms with Crippen molar-refractivity contribution in [3.8, 4) is 39.9 Å². The first-order chi connectivity index (χ1) is 41.2. The number of rotatable bonds is 5. The first kappa shape index (κ1) is 45.6. The summed E-state index contributed by atoms with van der Waals surface area (Å²) in [7, 11) is 0. The quantitative estimate of drug-likeness (QED) is 0.125. The predicted molar refractivity (Wildman–Crippen MR) is 348 cm³/mol. The van der Waals surface area contributed by atoms with E-state index in [2.05, 4.69) is 279 Å². The number of hydrogen-bond donors (Lipinski definition) is 0. The minimum absolute atomic E-state index is 0.359. The Morgan fingerprint density at radius 1 is 0.337 bits per heavy atom. The largest absolute Gasteiger partial charge is 0.318 e. The maximum atomic E-state index is 12.7. The molecular weight excluding hydrogens is 1030 g/mol. The van der Waals surface area contributed by atoms with Crippen molar-refractivity contribution in [3.05, 3.63) is 272 Å². The van der Waals surface area contributed by atoms with Crippen LogP contribution in [0.3, 0.4) is 0 Å². The summed E-state index contributed by atoms with van der Waals surface area (Å²) in [5.74, 6) is 0. The van der Waals surface area contributed by atoms with Crippen LogP contribution in [0, 0.1) is 17.9 Å². The number of fused-ring (bicyclic) bond motifs is 19. The number of hydrogen-bond acceptors (Lipinski definition) is 2. The molecule has 0 aliphatic heterocycles. The summed E-state index contributed by atoms with van der Waals surface area (Å²) in [6, 6.07) is 94.1. The fourth-order valence-corrected chi connectivity index (χ4v) is 15.5. The molecule has 13 aromatic carbocycles. The highest BCUT2D eigenvalue weighted by Crippen LogP contribution is 2.53. The molecule has 7 heteroatoms. The molecule has 6 nitrogen and oxygen atoms in total. The second kappa shape index (κ2) is 17.1. The Kier molecular flexibility index (Phi) is 9.42. The van der Waals surface area contributed by atoms with Gasteiger partial charge in [0.05, 0.1) is 83.7 Å². The van der Waals surface area contributed by atoms with Crippen molar-refractivity contribution in [1.82, 2.24) is 18.3 Å². The van der Waals surface area contributed by atoms with Crippen LogP contribution in [-0.2, 0) is 0 Å². The van der Waals surface area contributed by atoms with Gasteiger partial charge in [-0.05, 0) is 87.3 Å². The number of benzene rings is 13. The molecular formula is C76H42N6S. The van der Waals surface area contributed by atoms with Crippen LogP contribution in [0.2, 0.25) is 0 Å². The van der Waals surface area contributed by atoms with Crippen LogP contribution in [-0.4, -0.2) is 18.3 Å². The number of thiophene rings is 1. The molecule has 0 saturated carbocycles. The minimum atomic E-state index is 0.359. The molecule has 0 fully saturated rings. The highest BCUT2D eigenvalue weighted by Gasteiger charge is 2.35. The van der Waals surface area contributed by atoms with Crippen LogP contribution in [0.1, 0.15) is 5.56 Å². The predicted octanol–water partition coefficient (Wildman–Crippen LogP) is 20.8. The molecule has 83 heavy (non-hydrogen) atoms. The van der Waals surface area contributed by atoms with Crippen molar-refractivity contribution in [3.63, 3.8) is 0 Å². The average Bonchev–Trinajstić information content (AvgIpc) is 1.93. The number of para-hydroxylation sites is 6. The summed E-state index contributed by atoms with van der Waals surface area (Å²) in [4.78, 5) is 4.83. The van der Waals surface area contributed by atoms with Crippen molar-refractivity contribution in [1.29, 1.82) is 5.26 Å². The second-order valence-electron chi connectivity index (χ2n) is 21.6. The van der Waals surface area contributed by atoms with Crippen molar-refractivity contribution in [2.45, 2.75) is 0 Å². The molecule has 0 atom stereocenters. The van der Waals surface area contributed by atoms with E-state index < -0.39 is 0 Å². The van der Waals surface area contributed by atoms with Crippen LogP contribution in [0.4, 0.5) is 5.69 Å². The molecule has 0 bridgehead atoms. The molecule has 5 aromatic heterocycles. The van der Waals surface area contributed by atoms with Crippen molar-refractivity contribution >= 4 is 146 Å². The Balaban J connectivity index is 1.12. The van der Waals surface area contributed by atoms with E-state index in [9.17, 15) is 11.8 Å². The third-order valence-electron chi connectivity index (χ3n) is 17.6. The van der Waals surface area contributed by atoms with Gasteiger partial charge >= 0.3 is 0 Å². The standard InChI is InChI=1S/C76H42N6S/c1-78-70-71(79-62-30-11-4-21-51(62)52-22-5-12-31-63(52)79)61(44-77)72(80-64-32-13-6-23-53(64)54-24-7-14-33-65(54)80)75(74(70)81-66-34-15-8-25-55(66)56-26-9-16-35-67(56)81)82-68-42-38-46(48-28-18-29-49-47-20-3-2-19-45(47)37-39-50(48)49)43-60(68)58-40-41-59-57-27-10-17-36-69(57)83-76(59)73(58)82/h2-43H. The Morgan fingerprint density at radius 2 is 0.795 bits per heavy atom. The lowest BCUT2D eigenvalue weighted by Gasteiger charge is -2.27. The number of nitrogens with zero attached hydrogens (tertiary/aromatic N) is 6. The fraction of sp³-hybridized carbons (Fsp3) is 0. The van der Waals surface area contributed by atoms with Crippen LogP contribution < -0.4 is 0 Å². The van der Waals surface area contributed by atoms with Crippen LogP contribution in [0.25, 0.3) is 168 Å². The monoisotopic (exact) mass is 1070 g/mol. The lowest BCUT2D eigenvalue weighted by atomic mass is 9.94. The Hall–Kier alpha value is -11.2. The van der Waals surface area contributed by atoms with Gasteiger partial charge in [-0.25, -0.2) is 4.85 Å². The van der Waals surface area contributed by atoms with E-state index in [0.29, 0.717) is 28.3 Å². The summed E-state index contributed by atoms with van der Waals surface area (Å²) >= 11 is 1.80. The average molecular weight is 1070 g/mol. The summed E-state index contributed by atoms with van der Waals surface area (Å²) in [6.07, 6.45) is 0. The summed E-state index contributed by atoms with van der Waals surface area (Å²) in [5.41, 5.74) is 13.1. The lowest BCUT2D eigenvalue weighted by molar-refractivity contribution is 1.03. The van der Waals surface area contributed by atoms with Crippen molar-refractivity contribution in [2.24, 2.45) is 0 Å². The first-order valence-corrected chi connectivity index (χ1v) is 28.8. The minimum Gasteiger partial charge on any atom is -0.318 e. The highest BCUT2D eigenvalue weighted by molar-refractivity contribution is 7.26. The highest BCUT2D eigenvalue weighted by atomic mass is 32.1. The lowest BCUT2D eigenvalue weighted by Crippen LogP contribution is -2.14. The molecule has 0 N–H and O–H groups in total. The van der Waals surface area contributed by atoms with Gasteiger partial charge in [-0.3, -0.25) is 0 Å². The number of nitriles is 1. The van der Waals surface area contributed by atoms with Gasteiger partial charge in [-0.2, -0.15) is 5.26 Å². The molecule has 18 aromatic rings. The van der Waals surface area contributed by atoms with E-state index in [1.807, 2.05) is 0 Å². The maximum Gasteiger partial charge on any atom is 0.237 e. The van der Waals surface area contributed by atoms with E-state index in [1.165, 1.54) is 31.6 Å². The van der Waals surface area contributed by atoms with E-state index in [0.717, 1.165) is 114 Å².